The van der Waals surface area contributed by atoms with E-state index < -0.39 is 5.97 Å². The molecule has 0 heterocycles. The molecule has 0 unspecified atom stereocenters. The van der Waals surface area contributed by atoms with Gasteiger partial charge in [0.25, 0.3) is 0 Å². The molecule has 110 valence electrons. The summed E-state index contributed by atoms with van der Waals surface area (Å²) >= 11 is 0. The third kappa shape index (κ3) is 3.16. The molecule has 0 aromatic heterocycles. The number of nitrogens with two attached hydrogens (primary N) is 1. The summed E-state index contributed by atoms with van der Waals surface area (Å²) < 4.78 is 4.75. The van der Waals surface area contributed by atoms with E-state index in [-0.39, 0.29) is 0 Å². The zero-order valence-corrected chi connectivity index (χ0v) is 12.6. The van der Waals surface area contributed by atoms with Gasteiger partial charge in [-0.15, -0.1) is 0 Å². The normalized spacial score (nSPS) is 10.2. The largest absolute Gasteiger partial charge is 0.465 e. The van der Waals surface area contributed by atoms with E-state index in [0.29, 0.717) is 11.3 Å². The van der Waals surface area contributed by atoms with Crippen LogP contribution < -0.4 is 10.6 Å². The van der Waals surface area contributed by atoms with Gasteiger partial charge in [0.2, 0.25) is 0 Å². The first-order chi connectivity index (χ1) is 10.1. The minimum Gasteiger partial charge on any atom is -0.465 e. The molecular weight excluding hydrogens is 264 g/mol. The zero-order valence-electron chi connectivity index (χ0n) is 12.6. The fraction of sp³-hybridized carbons (Fsp3) is 0.235. The average molecular weight is 284 g/mol. The van der Waals surface area contributed by atoms with E-state index in [4.69, 9.17) is 10.5 Å². The van der Waals surface area contributed by atoms with Crippen LogP contribution in [0.5, 0.6) is 0 Å². The number of nitrogen functional groups attached to an aromatic ring is 1. The average Bonchev–Trinajstić information content (AvgIpc) is 2.54. The Kier molecular flexibility index (Phi) is 4.48. The van der Waals surface area contributed by atoms with Crippen LogP contribution in [-0.2, 0) is 11.2 Å². The molecule has 0 saturated heterocycles. The number of benzene rings is 2. The van der Waals surface area contributed by atoms with Crippen molar-refractivity contribution in [2.45, 2.75) is 13.3 Å². The summed E-state index contributed by atoms with van der Waals surface area (Å²) in [5.41, 5.74) is 9.85. The van der Waals surface area contributed by atoms with Crippen LogP contribution in [0.3, 0.4) is 0 Å². The smallest absolute Gasteiger partial charge is 0.340 e. The van der Waals surface area contributed by atoms with E-state index in [0.717, 1.165) is 17.8 Å². The summed E-state index contributed by atoms with van der Waals surface area (Å²) in [4.78, 5) is 13.7. The molecule has 0 amide bonds. The van der Waals surface area contributed by atoms with Gasteiger partial charge in [0.1, 0.15) is 0 Å². The van der Waals surface area contributed by atoms with Crippen molar-refractivity contribution < 1.29 is 9.53 Å². The van der Waals surface area contributed by atoms with Gasteiger partial charge in [-0.2, -0.15) is 0 Å². The molecule has 21 heavy (non-hydrogen) atoms. The predicted octanol–water partition coefficient (Wildman–Crippen LogP) is 3.39. The van der Waals surface area contributed by atoms with Gasteiger partial charge in [-0.1, -0.05) is 19.1 Å². The predicted molar refractivity (Wildman–Crippen MR) is 86.1 cm³/mol. The second-order valence-electron chi connectivity index (χ2n) is 4.84. The fourth-order valence-electron chi connectivity index (χ4n) is 2.14. The van der Waals surface area contributed by atoms with Gasteiger partial charge in [0, 0.05) is 24.1 Å². The van der Waals surface area contributed by atoms with Crippen LogP contribution in [0.4, 0.5) is 17.1 Å². The van der Waals surface area contributed by atoms with E-state index >= 15 is 0 Å². The summed E-state index contributed by atoms with van der Waals surface area (Å²) in [5.74, 6) is -0.427. The van der Waals surface area contributed by atoms with Crippen molar-refractivity contribution in [3.8, 4) is 0 Å². The molecule has 0 fully saturated rings. The summed E-state index contributed by atoms with van der Waals surface area (Å²) in [6.07, 6.45) is 1.01. The third-order valence-electron chi connectivity index (χ3n) is 3.56. The maximum Gasteiger partial charge on any atom is 0.340 e. The SMILES string of the molecule is CCc1ccc(N(C)c2ccc(N)c(C(=O)OC)c2)cc1. The van der Waals surface area contributed by atoms with E-state index in [9.17, 15) is 4.79 Å². The van der Waals surface area contributed by atoms with Gasteiger partial charge in [-0.05, 0) is 42.3 Å². The van der Waals surface area contributed by atoms with Crippen molar-refractivity contribution in [3.05, 3.63) is 53.6 Å². The molecule has 0 radical (unpaired) electrons. The first-order valence-corrected chi connectivity index (χ1v) is 6.87. The van der Waals surface area contributed by atoms with Crippen LogP contribution in [0.25, 0.3) is 0 Å². The van der Waals surface area contributed by atoms with Crippen LogP contribution in [-0.4, -0.2) is 20.1 Å². The number of aryl methyl sites for hydroxylation is 1. The number of esters is 1. The van der Waals surface area contributed by atoms with E-state index in [1.165, 1.54) is 12.7 Å². The monoisotopic (exact) mass is 284 g/mol. The lowest BCUT2D eigenvalue weighted by Gasteiger charge is -2.21. The van der Waals surface area contributed by atoms with E-state index in [1.807, 2.05) is 18.0 Å². The number of hydrogen-bond acceptors (Lipinski definition) is 4. The highest BCUT2D eigenvalue weighted by Gasteiger charge is 2.13. The van der Waals surface area contributed by atoms with Crippen LogP contribution in [0, 0.1) is 0 Å². The molecular formula is C17H20N2O2. The van der Waals surface area contributed by atoms with Gasteiger partial charge >= 0.3 is 5.97 Å². The molecule has 2 aromatic carbocycles. The number of carbonyl (C=O) groups is 1. The minimum absolute atomic E-state index is 0.382. The van der Waals surface area contributed by atoms with Gasteiger partial charge in [-0.3, -0.25) is 0 Å². The Morgan fingerprint density at radius 3 is 2.33 bits per heavy atom. The van der Waals surface area contributed by atoms with E-state index in [2.05, 4.69) is 31.2 Å². The lowest BCUT2D eigenvalue weighted by atomic mass is 10.1. The third-order valence-corrected chi connectivity index (χ3v) is 3.56. The molecule has 2 aromatic rings. The first-order valence-electron chi connectivity index (χ1n) is 6.87. The van der Waals surface area contributed by atoms with Crippen molar-refractivity contribution in [1.82, 2.24) is 0 Å². The number of methoxy groups -OCH3 is 1. The Morgan fingerprint density at radius 2 is 1.76 bits per heavy atom. The Hall–Kier alpha value is -2.49. The summed E-state index contributed by atoms with van der Waals surface area (Å²) in [6, 6.07) is 13.7. The molecule has 2 N–H and O–H groups in total. The van der Waals surface area contributed by atoms with Crippen molar-refractivity contribution in [1.29, 1.82) is 0 Å². The Bertz CT molecular complexity index is 636. The van der Waals surface area contributed by atoms with Crippen molar-refractivity contribution in [3.63, 3.8) is 0 Å². The second kappa shape index (κ2) is 6.31. The Balaban J connectivity index is 2.34. The second-order valence-corrected chi connectivity index (χ2v) is 4.84. The summed E-state index contributed by atoms with van der Waals surface area (Å²) in [5, 5.41) is 0. The first kappa shape index (κ1) is 14.9. The molecule has 0 spiro atoms. The molecule has 0 aliphatic heterocycles. The van der Waals surface area contributed by atoms with Crippen molar-refractivity contribution in [2.75, 3.05) is 24.8 Å². The molecule has 4 heteroatoms. The van der Waals surface area contributed by atoms with Gasteiger partial charge in [-0.25, -0.2) is 4.79 Å². The number of anilines is 3. The zero-order chi connectivity index (χ0) is 15.4. The highest BCUT2D eigenvalue weighted by molar-refractivity contribution is 5.96. The number of carbonyl (C=O) groups excluding carboxylic acids is 1. The van der Waals surface area contributed by atoms with Crippen LogP contribution in [0.1, 0.15) is 22.8 Å². The highest BCUT2D eigenvalue weighted by Crippen LogP contribution is 2.27. The number of nitrogens with zero attached hydrogens (tertiary/aromatic N) is 1. The van der Waals surface area contributed by atoms with E-state index in [1.54, 1.807) is 12.1 Å². The molecule has 4 nitrogen and oxygen atoms in total. The minimum atomic E-state index is -0.427. The topological polar surface area (TPSA) is 55.6 Å². The summed E-state index contributed by atoms with van der Waals surface area (Å²) in [7, 11) is 3.30. The fourth-order valence-corrected chi connectivity index (χ4v) is 2.14. The molecule has 2 rings (SSSR count). The molecule has 0 saturated carbocycles. The quantitative estimate of drug-likeness (QED) is 0.690. The molecule has 0 aliphatic rings. The molecule has 0 atom stereocenters. The lowest BCUT2D eigenvalue weighted by molar-refractivity contribution is 0.0602. The lowest BCUT2D eigenvalue weighted by Crippen LogP contribution is -2.12. The number of rotatable bonds is 4. The molecule has 0 aliphatic carbocycles. The maximum atomic E-state index is 11.7. The van der Waals surface area contributed by atoms with Crippen LogP contribution in [0.15, 0.2) is 42.5 Å². The van der Waals surface area contributed by atoms with Crippen molar-refractivity contribution in [2.24, 2.45) is 0 Å². The van der Waals surface area contributed by atoms with Crippen molar-refractivity contribution >= 4 is 23.0 Å². The van der Waals surface area contributed by atoms with Gasteiger partial charge < -0.3 is 15.4 Å². The Labute approximate surface area is 125 Å². The highest BCUT2D eigenvalue weighted by atomic mass is 16.5. The van der Waals surface area contributed by atoms with Gasteiger partial charge in [0.15, 0.2) is 0 Å². The van der Waals surface area contributed by atoms with Crippen LogP contribution in [0.2, 0.25) is 0 Å². The summed E-state index contributed by atoms with van der Waals surface area (Å²) in [6.45, 7) is 2.13. The maximum absolute atomic E-state index is 11.7. The number of ether oxygens (including phenoxy) is 1. The standard InChI is InChI=1S/C17H20N2O2/c1-4-12-5-7-13(8-6-12)19(2)14-9-10-16(18)15(11-14)17(20)21-3/h5-11H,4,18H2,1-3H3. The van der Waals surface area contributed by atoms with Crippen LogP contribution >= 0.6 is 0 Å². The Morgan fingerprint density at radius 1 is 1.14 bits per heavy atom. The number of hydrogen-bond donors (Lipinski definition) is 1. The van der Waals surface area contributed by atoms with Gasteiger partial charge in [0.05, 0.1) is 12.7 Å². The molecule has 0 bridgehead atoms.